The molecule has 0 heterocycles. The van der Waals surface area contributed by atoms with Crippen LogP contribution in [0.4, 0.5) is 0 Å². The summed E-state index contributed by atoms with van der Waals surface area (Å²) in [5.74, 6) is 2.46. The summed E-state index contributed by atoms with van der Waals surface area (Å²) >= 11 is 0. The number of ether oxygens (including phenoxy) is 1. The zero-order chi connectivity index (χ0) is 13.0. The average molecular weight is 247 g/mol. The molecular formula is C16H25NO. The van der Waals surface area contributed by atoms with E-state index in [1.807, 2.05) is 6.07 Å². The number of methoxy groups -OCH3 is 1. The van der Waals surface area contributed by atoms with Crippen LogP contribution >= 0.6 is 0 Å². The molecule has 1 saturated carbocycles. The lowest BCUT2D eigenvalue weighted by atomic mass is 9.88. The summed E-state index contributed by atoms with van der Waals surface area (Å²) < 4.78 is 5.33. The molecule has 0 spiro atoms. The van der Waals surface area contributed by atoms with E-state index in [0.29, 0.717) is 12.0 Å². The predicted octanol–water partition coefficient (Wildman–Crippen LogP) is 3.58. The Morgan fingerprint density at radius 3 is 2.89 bits per heavy atom. The molecule has 0 aliphatic heterocycles. The number of hydrogen-bond acceptors (Lipinski definition) is 2. The van der Waals surface area contributed by atoms with E-state index in [1.165, 1.54) is 24.8 Å². The number of rotatable bonds is 5. The van der Waals surface area contributed by atoms with Gasteiger partial charge in [0.2, 0.25) is 0 Å². The quantitative estimate of drug-likeness (QED) is 0.858. The largest absolute Gasteiger partial charge is 0.497 e. The van der Waals surface area contributed by atoms with Crippen LogP contribution in [-0.4, -0.2) is 19.7 Å². The number of benzene rings is 1. The molecule has 2 unspecified atom stereocenters. The van der Waals surface area contributed by atoms with Crippen molar-refractivity contribution in [2.75, 3.05) is 13.7 Å². The zero-order valence-corrected chi connectivity index (χ0v) is 11.8. The van der Waals surface area contributed by atoms with E-state index in [-0.39, 0.29) is 0 Å². The van der Waals surface area contributed by atoms with E-state index in [2.05, 4.69) is 37.4 Å². The molecule has 0 aromatic heterocycles. The first-order valence-corrected chi connectivity index (χ1v) is 7.08. The standard InChI is InChI=1S/C16H25NO/c1-12(2)17-11-14-7-5-9-16(14)13-6-4-8-15(10-13)18-3/h4,6,8,10,12,14,16-17H,5,7,9,11H2,1-3H3. The van der Waals surface area contributed by atoms with Crippen LogP contribution in [0.2, 0.25) is 0 Å². The second-order valence-corrected chi connectivity index (χ2v) is 5.64. The summed E-state index contributed by atoms with van der Waals surface area (Å²) in [6, 6.07) is 9.18. The zero-order valence-electron chi connectivity index (χ0n) is 11.8. The third-order valence-electron chi connectivity index (χ3n) is 3.97. The van der Waals surface area contributed by atoms with Crippen LogP contribution in [0.3, 0.4) is 0 Å². The Kier molecular flexibility index (Phi) is 4.65. The molecule has 1 aliphatic carbocycles. The van der Waals surface area contributed by atoms with Crippen molar-refractivity contribution in [3.8, 4) is 5.75 Å². The molecule has 100 valence electrons. The third-order valence-corrected chi connectivity index (χ3v) is 3.97. The van der Waals surface area contributed by atoms with Crippen LogP contribution in [0, 0.1) is 5.92 Å². The molecular weight excluding hydrogens is 222 g/mol. The second kappa shape index (κ2) is 6.24. The van der Waals surface area contributed by atoms with Crippen molar-refractivity contribution in [2.45, 2.75) is 45.1 Å². The van der Waals surface area contributed by atoms with Crippen LogP contribution in [0.5, 0.6) is 5.75 Å². The maximum Gasteiger partial charge on any atom is 0.119 e. The van der Waals surface area contributed by atoms with Crippen molar-refractivity contribution in [3.05, 3.63) is 29.8 Å². The number of hydrogen-bond donors (Lipinski definition) is 1. The maximum absolute atomic E-state index is 5.33. The van der Waals surface area contributed by atoms with Gasteiger partial charge in [-0.15, -0.1) is 0 Å². The molecule has 1 aliphatic rings. The summed E-state index contributed by atoms with van der Waals surface area (Å²) in [4.78, 5) is 0. The Morgan fingerprint density at radius 1 is 1.33 bits per heavy atom. The van der Waals surface area contributed by atoms with Gasteiger partial charge in [-0.05, 0) is 48.9 Å². The van der Waals surface area contributed by atoms with E-state index >= 15 is 0 Å². The summed E-state index contributed by atoms with van der Waals surface area (Å²) in [6.45, 7) is 5.57. The lowest BCUT2D eigenvalue weighted by Gasteiger charge is -2.22. The molecule has 0 amide bonds. The molecule has 0 saturated heterocycles. The highest BCUT2D eigenvalue weighted by Crippen LogP contribution is 2.40. The van der Waals surface area contributed by atoms with Gasteiger partial charge in [0.25, 0.3) is 0 Å². The molecule has 1 aromatic carbocycles. The highest BCUT2D eigenvalue weighted by molar-refractivity contribution is 5.31. The van der Waals surface area contributed by atoms with Crippen LogP contribution in [0.1, 0.15) is 44.6 Å². The monoisotopic (exact) mass is 247 g/mol. The highest BCUT2D eigenvalue weighted by atomic mass is 16.5. The number of nitrogens with one attached hydrogen (secondary N) is 1. The molecule has 1 aromatic rings. The van der Waals surface area contributed by atoms with E-state index in [0.717, 1.165) is 18.2 Å². The minimum Gasteiger partial charge on any atom is -0.497 e. The van der Waals surface area contributed by atoms with Crippen molar-refractivity contribution in [1.82, 2.24) is 5.32 Å². The van der Waals surface area contributed by atoms with Gasteiger partial charge in [0.05, 0.1) is 7.11 Å². The van der Waals surface area contributed by atoms with E-state index in [1.54, 1.807) is 7.11 Å². The van der Waals surface area contributed by atoms with Crippen molar-refractivity contribution >= 4 is 0 Å². The van der Waals surface area contributed by atoms with Gasteiger partial charge in [0.15, 0.2) is 0 Å². The molecule has 1 N–H and O–H groups in total. The fourth-order valence-corrected chi connectivity index (χ4v) is 2.98. The molecule has 2 nitrogen and oxygen atoms in total. The maximum atomic E-state index is 5.33. The molecule has 2 atom stereocenters. The Morgan fingerprint density at radius 2 is 2.17 bits per heavy atom. The van der Waals surface area contributed by atoms with Crippen molar-refractivity contribution < 1.29 is 4.74 Å². The lowest BCUT2D eigenvalue weighted by Crippen LogP contribution is -2.30. The van der Waals surface area contributed by atoms with Gasteiger partial charge in [-0.25, -0.2) is 0 Å². The normalized spacial score (nSPS) is 23.6. The fraction of sp³-hybridized carbons (Fsp3) is 0.625. The van der Waals surface area contributed by atoms with Gasteiger partial charge < -0.3 is 10.1 Å². The van der Waals surface area contributed by atoms with Crippen molar-refractivity contribution in [1.29, 1.82) is 0 Å². The van der Waals surface area contributed by atoms with Gasteiger partial charge in [-0.2, -0.15) is 0 Å². The van der Waals surface area contributed by atoms with Crippen molar-refractivity contribution in [2.24, 2.45) is 5.92 Å². The van der Waals surface area contributed by atoms with Crippen LogP contribution in [-0.2, 0) is 0 Å². The summed E-state index contributed by atoms with van der Waals surface area (Å²) in [5, 5.41) is 3.58. The van der Waals surface area contributed by atoms with Crippen LogP contribution in [0.15, 0.2) is 24.3 Å². The Balaban J connectivity index is 2.05. The smallest absolute Gasteiger partial charge is 0.119 e. The highest BCUT2D eigenvalue weighted by Gasteiger charge is 2.28. The van der Waals surface area contributed by atoms with E-state index in [9.17, 15) is 0 Å². The first-order valence-electron chi connectivity index (χ1n) is 7.08. The minimum atomic E-state index is 0.580. The average Bonchev–Trinajstić information content (AvgIpc) is 2.84. The van der Waals surface area contributed by atoms with Crippen molar-refractivity contribution in [3.63, 3.8) is 0 Å². The molecule has 0 radical (unpaired) electrons. The Labute approximate surface area is 111 Å². The fourth-order valence-electron chi connectivity index (χ4n) is 2.98. The topological polar surface area (TPSA) is 21.3 Å². The van der Waals surface area contributed by atoms with Gasteiger partial charge in [-0.3, -0.25) is 0 Å². The van der Waals surface area contributed by atoms with Gasteiger partial charge in [0.1, 0.15) is 5.75 Å². The van der Waals surface area contributed by atoms with Gasteiger partial charge in [-0.1, -0.05) is 32.4 Å². The first kappa shape index (κ1) is 13.4. The molecule has 2 rings (SSSR count). The Hall–Kier alpha value is -1.02. The minimum absolute atomic E-state index is 0.580. The van der Waals surface area contributed by atoms with E-state index < -0.39 is 0 Å². The lowest BCUT2D eigenvalue weighted by molar-refractivity contribution is 0.407. The Bertz CT molecular complexity index is 375. The first-order chi connectivity index (χ1) is 8.70. The van der Waals surface area contributed by atoms with Crippen LogP contribution in [0.25, 0.3) is 0 Å². The molecule has 18 heavy (non-hydrogen) atoms. The molecule has 2 heteroatoms. The predicted molar refractivity (Wildman–Crippen MR) is 76.2 cm³/mol. The van der Waals surface area contributed by atoms with Gasteiger partial charge >= 0.3 is 0 Å². The molecule has 0 bridgehead atoms. The third kappa shape index (κ3) is 3.26. The SMILES string of the molecule is COc1cccc(C2CCCC2CNC(C)C)c1. The summed E-state index contributed by atoms with van der Waals surface area (Å²) in [6.07, 6.45) is 4.02. The van der Waals surface area contributed by atoms with Crippen LogP contribution < -0.4 is 10.1 Å². The van der Waals surface area contributed by atoms with E-state index in [4.69, 9.17) is 4.74 Å². The summed E-state index contributed by atoms with van der Waals surface area (Å²) in [5.41, 5.74) is 1.45. The summed E-state index contributed by atoms with van der Waals surface area (Å²) in [7, 11) is 1.74. The second-order valence-electron chi connectivity index (χ2n) is 5.64. The van der Waals surface area contributed by atoms with Gasteiger partial charge in [0, 0.05) is 6.04 Å². The molecule has 1 fully saturated rings.